The molecule has 4 rings (SSSR count). The molecular formula is C25H35FN8O12. The number of carboxylic acids is 2. The first-order chi connectivity index (χ1) is 21.6. The van der Waals surface area contributed by atoms with Crippen molar-refractivity contribution in [2.45, 2.75) is 82.4 Å². The lowest BCUT2D eigenvalue weighted by molar-refractivity contribution is -0.139. The van der Waals surface area contributed by atoms with Crippen molar-refractivity contribution in [1.29, 1.82) is 0 Å². The summed E-state index contributed by atoms with van der Waals surface area (Å²) in [7, 11) is 0. The van der Waals surface area contributed by atoms with Gasteiger partial charge in [0, 0.05) is 47.7 Å². The number of carboxylic acid groups (broad SMARTS) is 2. The van der Waals surface area contributed by atoms with Crippen LogP contribution in [0.1, 0.15) is 49.3 Å². The maximum atomic E-state index is 13.4. The molecule has 0 radical (unpaired) electrons. The Morgan fingerprint density at radius 3 is 1.89 bits per heavy atom. The van der Waals surface area contributed by atoms with Crippen LogP contribution >= 0.6 is 0 Å². The number of azide groups is 1. The van der Waals surface area contributed by atoms with Crippen LogP contribution < -0.4 is 28.2 Å². The molecule has 0 spiro atoms. The van der Waals surface area contributed by atoms with E-state index in [9.17, 15) is 33.2 Å². The van der Waals surface area contributed by atoms with Crippen LogP contribution in [0.5, 0.6) is 0 Å². The summed E-state index contributed by atoms with van der Waals surface area (Å²) in [5.74, 6) is -2.20. The van der Waals surface area contributed by atoms with Crippen LogP contribution in [-0.2, 0) is 19.1 Å². The first-order valence-electron chi connectivity index (χ1n) is 13.7. The predicted molar refractivity (Wildman–Crippen MR) is 154 cm³/mol. The lowest BCUT2D eigenvalue weighted by Gasteiger charge is -2.14. The van der Waals surface area contributed by atoms with Gasteiger partial charge in [-0.3, -0.25) is 38.3 Å². The number of H-pyrrole nitrogens is 2. The zero-order valence-electron chi connectivity index (χ0n) is 24.7. The van der Waals surface area contributed by atoms with Gasteiger partial charge in [0.05, 0.1) is 25.4 Å². The Morgan fingerprint density at radius 2 is 1.48 bits per heavy atom. The van der Waals surface area contributed by atoms with Crippen molar-refractivity contribution in [1.82, 2.24) is 19.1 Å². The fraction of sp³-hybridized carbons (Fsp3) is 0.600. The average Bonchev–Trinajstić information content (AvgIpc) is 3.58. The van der Waals surface area contributed by atoms with Gasteiger partial charge >= 0.3 is 23.3 Å². The van der Waals surface area contributed by atoms with Crippen LogP contribution in [0.25, 0.3) is 10.4 Å². The van der Waals surface area contributed by atoms with Gasteiger partial charge in [-0.2, -0.15) is 0 Å². The second kappa shape index (κ2) is 17.1. The Morgan fingerprint density at radius 1 is 1.00 bits per heavy atom. The standard InChI is InChI=1S/C10H13FN2O4.C10H13N5O4.C5H9NO4/c1-5-3-13(10(16)12-9(5)15)8-2-6(11)7(4-14)17-8;1-5-3-15(10(18)12-9(5)17)8-2-6(13-14-11)7(4-16)19-8;6-3(5(9)10)1-2-4(7)8/h3,6-8,14H,2,4H2,1H3,(H,12,15,16);3,6-8,16H,2,4H2,1H3,(H,12,17,18);3H,1-2,6H2,(H,7,8)(H,9,10)/t2*6-,7+,8+;/m00./s1. The molecule has 2 aromatic rings. The molecule has 0 aliphatic carbocycles. The molecule has 2 aromatic heterocycles. The number of aliphatic hydroxyl groups excluding tert-OH is 2. The van der Waals surface area contributed by atoms with Gasteiger partial charge in [-0.25, -0.2) is 14.0 Å². The van der Waals surface area contributed by atoms with Crippen LogP contribution in [0.2, 0.25) is 0 Å². The number of nitrogens with zero attached hydrogens (tertiary/aromatic N) is 5. The maximum Gasteiger partial charge on any atom is 0.330 e. The third-order valence-corrected chi connectivity index (χ3v) is 6.82. The molecule has 0 amide bonds. The molecule has 20 nitrogen and oxygen atoms in total. The molecule has 254 valence electrons. The van der Waals surface area contributed by atoms with E-state index in [0.29, 0.717) is 11.1 Å². The van der Waals surface area contributed by atoms with Crippen molar-refractivity contribution < 1.29 is 43.9 Å². The van der Waals surface area contributed by atoms with Crippen LogP contribution in [0.3, 0.4) is 0 Å². The van der Waals surface area contributed by atoms with E-state index in [-0.39, 0.29) is 32.3 Å². The summed E-state index contributed by atoms with van der Waals surface area (Å²) in [5.41, 5.74) is 12.0. The van der Waals surface area contributed by atoms with Gasteiger partial charge in [0.15, 0.2) is 0 Å². The lowest BCUT2D eigenvalue weighted by Crippen LogP contribution is -2.33. The van der Waals surface area contributed by atoms with Crippen molar-refractivity contribution in [3.05, 3.63) is 75.6 Å². The molecule has 2 fully saturated rings. The number of ether oxygens (including phenoxy) is 2. The molecular weight excluding hydrogens is 623 g/mol. The number of rotatable bonds is 9. The summed E-state index contributed by atoms with van der Waals surface area (Å²) in [5, 5.41) is 37.8. The molecule has 0 bridgehead atoms. The number of nitrogens with one attached hydrogen (secondary N) is 2. The highest BCUT2D eigenvalue weighted by Crippen LogP contribution is 2.30. The number of aryl methyl sites for hydroxylation is 2. The monoisotopic (exact) mass is 658 g/mol. The average molecular weight is 659 g/mol. The van der Waals surface area contributed by atoms with Gasteiger partial charge in [-0.1, -0.05) is 5.11 Å². The van der Waals surface area contributed by atoms with Crippen molar-refractivity contribution in [3.8, 4) is 0 Å². The second-order valence-corrected chi connectivity index (χ2v) is 10.2. The smallest absolute Gasteiger partial charge is 0.330 e. The highest BCUT2D eigenvalue weighted by atomic mass is 19.1. The number of carbonyl (C=O) groups is 2. The fourth-order valence-electron chi connectivity index (χ4n) is 4.26. The molecule has 46 heavy (non-hydrogen) atoms. The first-order valence-corrected chi connectivity index (χ1v) is 13.7. The lowest BCUT2D eigenvalue weighted by atomic mass is 10.1. The third-order valence-electron chi connectivity index (χ3n) is 6.82. The van der Waals surface area contributed by atoms with E-state index in [2.05, 4.69) is 20.0 Å². The molecule has 2 saturated heterocycles. The number of aromatic nitrogens is 4. The predicted octanol–water partition coefficient (Wildman–Crippen LogP) is -1.47. The molecule has 8 N–H and O–H groups in total. The third kappa shape index (κ3) is 10.2. The van der Waals surface area contributed by atoms with Gasteiger partial charge < -0.3 is 35.6 Å². The van der Waals surface area contributed by atoms with Gasteiger partial charge in [-0.05, 0) is 25.8 Å². The van der Waals surface area contributed by atoms with Crippen molar-refractivity contribution in [2.24, 2.45) is 10.8 Å². The topological polar surface area (TPSA) is 318 Å². The number of halogens is 1. The molecule has 4 heterocycles. The quantitative estimate of drug-likeness (QED) is 0.0920. The second-order valence-electron chi connectivity index (χ2n) is 10.2. The van der Waals surface area contributed by atoms with E-state index in [1.807, 2.05) is 0 Å². The maximum absolute atomic E-state index is 13.4. The Balaban J connectivity index is 0.000000252. The van der Waals surface area contributed by atoms with Crippen molar-refractivity contribution >= 4 is 11.9 Å². The number of hydrogen-bond acceptors (Lipinski definition) is 12. The number of alkyl halides is 1. The van der Waals surface area contributed by atoms with Gasteiger partial charge in [0.1, 0.15) is 30.8 Å². The molecule has 0 saturated carbocycles. The van der Waals surface area contributed by atoms with Crippen molar-refractivity contribution in [2.75, 3.05) is 13.2 Å². The summed E-state index contributed by atoms with van der Waals surface area (Å²) >= 11 is 0. The Kier molecular flexibility index (Phi) is 14.0. The fourth-order valence-corrected chi connectivity index (χ4v) is 4.26. The zero-order valence-corrected chi connectivity index (χ0v) is 24.7. The normalized spacial score (nSPS) is 24.0. The first kappa shape index (κ1) is 37.5. The Labute approximate surface area is 257 Å². The van der Waals surface area contributed by atoms with Crippen molar-refractivity contribution in [3.63, 3.8) is 0 Å². The molecule has 2 aliphatic rings. The highest BCUT2D eigenvalue weighted by molar-refractivity contribution is 5.74. The van der Waals surface area contributed by atoms with Crippen LogP contribution in [0, 0.1) is 13.8 Å². The molecule has 7 atom stereocenters. The Hall–Kier alpha value is -4.66. The number of hydrogen-bond donors (Lipinski definition) is 7. The number of aromatic amines is 2. The summed E-state index contributed by atoms with van der Waals surface area (Å²) in [6.45, 7) is 2.37. The van der Waals surface area contributed by atoms with E-state index < -0.39 is 84.0 Å². The molecule has 21 heteroatoms. The van der Waals surface area contributed by atoms with E-state index >= 15 is 0 Å². The number of aliphatic carboxylic acids is 2. The summed E-state index contributed by atoms with van der Waals surface area (Å²) in [6.07, 6.45) is -1.60. The summed E-state index contributed by atoms with van der Waals surface area (Å²) in [6, 6.07) is -1.60. The summed E-state index contributed by atoms with van der Waals surface area (Å²) in [4.78, 5) is 72.5. The summed E-state index contributed by atoms with van der Waals surface area (Å²) < 4.78 is 26.4. The SMILES string of the molecule is Cc1cn([C@H]2C[C@H](F)[C@@H](CO)O2)c(=O)[nH]c1=O.Cc1cn([C@H]2C[C@H](N=[N+]=[N-])[C@@H](CO)O2)c(=O)[nH]c1=O.NC(CCC(=O)O)C(=O)O. The van der Waals surface area contributed by atoms with E-state index in [4.69, 9.17) is 41.2 Å². The molecule has 2 aliphatic heterocycles. The van der Waals surface area contributed by atoms with Crippen LogP contribution in [-0.4, -0.2) is 95.1 Å². The number of aliphatic hydroxyl groups is 2. The number of nitrogens with two attached hydrogens (primary N) is 1. The van der Waals surface area contributed by atoms with E-state index in [1.54, 1.807) is 13.8 Å². The largest absolute Gasteiger partial charge is 0.481 e. The van der Waals surface area contributed by atoms with Gasteiger partial charge in [0.25, 0.3) is 11.1 Å². The van der Waals surface area contributed by atoms with E-state index in [0.717, 1.165) is 4.57 Å². The van der Waals surface area contributed by atoms with Gasteiger partial charge in [-0.15, -0.1) is 0 Å². The minimum absolute atomic E-state index is 0.0172. The highest BCUT2D eigenvalue weighted by Gasteiger charge is 2.37. The zero-order chi connectivity index (χ0) is 34.7. The van der Waals surface area contributed by atoms with E-state index in [1.165, 1.54) is 17.0 Å². The Bertz CT molecular complexity index is 1650. The molecule has 0 aromatic carbocycles. The van der Waals surface area contributed by atoms with Gasteiger partial charge in [0.2, 0.25) is 0 Å². The van der Waals surface area contributed by atoms with Crippen LogP contribution in [0.4, 0.5) is 4.39 Å². The molecule has 1 unspecified atom stereocenters. The van der Waals surface area contributed by atoms with Crippen LogP contribution in [0.15, 0.2) is 36.7 Å². The minimum Gasteiger partial charge on any atom is -0.481 e. The minimum atomic E-state index is -1.32.